The predicted molar refractivity (Wildman–Crippen MR) is 70.8 cm³/mol. The van der Waals surface area contributed by atoms with Crippen molar-refractivity contribution in [1.82, 2.24) is 10.2 Å². The van der Waals surface area contributed by atoms with Crippen molar-refractivity contribution in [2.45, 2.75) is 32.9 Å². The molecule has 2 rings (SSSR count). The second kappa shape index (κ2) is 5.65. The molecule has 1 saturated heterocycles. The largest absolute Gasteiger partial charge is 0.321 e. The minimum absolute atomic E-state index is 0.106. The van der Waals surface area contributed by atoms with Gasteiger partial charge in [-0.25, -0.2) is 0 Å². The number of nitrogens with one attached hydrogen (secondary N) is 1. The maximum atomic E-state index is 11.8. The summed E-state index contributed by atoms with van der Waals surface area (Å²) in [5, 5.41) is 5.35. The van der Waals surface area contributed by atoms with Gasteiger partial charge in [-0.15, -0.1) is 11.3 Å². The summed E-state index contributed by atoms with van der Waals surface area (Å²) in [5.74, 6) is 0.938. The lowest BCUT2D eigenvalue weighted by Gasteiger charge is -2.23. The zero-order valence-electron chi connectivity index (χ0n) is 10.5. The van der Waals surface area contributed by atoms with Crippen LogP contribution in [0.15, 0.2) is 17.5 Å². The van der Waals surface area contributed by atoms with Gasteiger partial charge in [-0.05, 0) is 30.2 Å². The number of rotatable bonds is 5. The Morgan fingerprint density at radius 2 is 2.41 bits per heavy atom. The Labute approximate surface area is 107 Å². The van der Waals surface area contributed by atoms with Crippen LogP contribution in [0.3, 0.4) is 0 Å². The Hall–Kier alpha value is -0.870. The van der Waals surface area contributed by atoms with E-state index in [1.165, 1.54) is 11.3 Å². The van der Waals surface area contributed by atoms with E-state index in [-0.39, 0.29) is 12.1 Å². The molecule has 0 aromatic carbocycles. The lowest BCUT2D eigenvalue weighted by molar-refractivity contribution is -0.128. The highest BCUT2D eigenvalue weighted by Crippen LogP contribution is 2.26. The van der Waals surface area contributed by atoms with E-state index < -0.39 is 0 Å². The molecule has 1 aliphatic rings. The maximum Gasteiger partial charge on any atom is 0.238 e. The third-order valence-corrected chi connectivity index (χ3v) is 4.00. The zero-order chi connectivity index (χ0) is 12.3. The summed E-state index contributed by atoms with van der Waals surface area (Å²) < 4.78 is 0. The van der Waals surface area contributed by atoms with Gasteiger partial charge in [0.25, 0.3) is 0 Å². The first-order chi connectivity index (χ1) is 8.18. The molecule has 1 amide bonds. The van der Waals surface area contributed by atoms with E-state index in [1.807, 2.05) is 11.0 Å². The van der Waals surface area contributed by atoms with Crippen LogP contribution >= 0.6 is 11.3 Å². The van der Waals surface area contributed by atoms with Gasteiger partial charge >= 0.3 is 0 Å². The summed E-state index contributed by atoms with van der Waals surface area (Å²) in [6.07, 6.45) is 2.38. The van der Waals surface area contributed by atoms with Crippen LogP contribution in [0, 0.1) is 5.92 Å². The molecule has 3 nitrogen and oxygen atoms in total. The number of nitrogens with zero attached hydrogens (tertiary/aromatic N) is 1. The second-order valence-corrected chi connectivity index (χ2v) is 5.90. The van der Waals surface area contributed by atoms with Crippen LogP contribution in [0.2, 0.25) is 0 Å². The fourth-order valence-electron chi connectivity index (χ4n) is 2.16. The summed E-state index contributed by atoms with van der Waals surface area (Å²) in [5.41, 5.74) is 0. The molecule has 4 heteroatoms. The highest BCUT2D eigenvalue weighted by molar-refractivity contribution is 7.10. The van der Waals surface area contributed by atoms with Crippen LogP contribution in [-0.4, -0.2) is 23.9 Å². The second-order valence-electron chi connectivity index (χ2n) is 4.92. The topological polar surface area (TPSA) is 32.3 Å². The number of carbonyl (C=O) groups excluding carboxylic acids is 1. The normalized spacial score (nSPS) is 20.5. The van der Waals surface area contributed by atoms with Gasteiger partial charge in [0.2, 0.25) is 5.91 Å². The van der Waals surface area contributed by atoms with Crippen molar-refractivity contribution >= 4 is 17.2 Å². The Morgan fingerprint density at radius 1 is 1.59 bits per heavy atom. The summed E-state index contributed by atoms with van der Waals surface area (Å²) in [7, 11) is 0. The molecule has 1 N–H and O–H groups in total. The first kappa shape index (κ1) is 12.6. The Morgan fingerprint density at radius 3 is 3.06 bits per heavy atom. The number of hydrogen-bond donors (Lipinski definition) is 1. The van der Waals surface area contributed by atoms with Crippen molar-refractivity contribution in [3.8, 4) is 0 Å². The molecule has 1 aromatic rings. The fourth-order valence-corrected chi connectivity index (χ4v) is 2.98. The third kappa shape index (κ3) is 3.07. The van der Waals surface area contributed by atoms with Gasteiger partial charge < -0.3 is 4.90 Å². The van der Waals surface area contributed by atoms with Crippen LogP contribution < -0.4 is 5.32 Å². The van der Waals surface area contributed by atoms with Crippen LogP contribution in [0.1, 0.15) is 37.7 Å². The average molecular weight is 252 g/mol. The first-order valence-corrected chi connectivity index (χ1v) is 7.12. The lowest BCUT2D eigenvalue weighted by atomic mass is 10.1. The summed E-state index contributed by atoms with van der Waals surface area (Å²) in [4.78, 5) is 15.0. The molecule has 0 aliphatic carbocycles. The molecule has 1 fully saturated rings. The molecule has 0 saturated carbocycles. The van der Waals surface area contributed by atoms with Crippen molar-refractivity contribution in [3.63, 3.8) is 0 Å². The molecule has 1 aromatic heterocycles. The minimum Gasteiger partial charge on any atom is -0.321 e. The van der Waals surface area contributed by atoms with E-state index in [0.717, 1.165) is 13.0 Å². The Kier molecular flexibility index (Phi) is 4.18. The summed E-state index contributed by atoms with van der Waals surface area (Å²) in [6, 6.07) is 4.13. The fraction of sp³-hybridized carbons (Fsp3) is 0.615. The third-order valence-electron chi connectivity index (χ3n) is 3.07. The van der Waals surface area contributed by atoms with E-state index in [9.17, 15) is 4.79 Å². The van der Waals surface area contributed by atoms with E-state index in [2.05, 4.69) is 30.6 Å². The van der Waals surface area contributed by atoms with Crippen molar-refractivity contribution in [3.05, 3.63) is 22.4 Å². The van der Waals surface area contributed by atoms with Gasteiger partial charge in [0.1, 0.15) is 6.17 Å². The molecule has 1 aliphatic heterocycles. The minimum atomic E-state index is 0.106. The van der Waals surface area contributed by atoms with Crippen LogP contribution in [0.4, 0.5) is 0 Å². The quantitative estimate of drug-likeness (QED) is 0.873. The molecular formula is C13H20N2OS. The lowest BCUT2D eigenvalue weighted by Crippen LogP contribution is -2.30. The molecule has 1 atom stereocenters. The average Bonchev–Trinajstić information content (AvgIpc) is 2.88. The van der Waals surface area contributed by atoms with E-state index in [4.69, 9.17) is 0 Å². The number of amides is 1. The molecule has 17 heavy (non-hydrogen) atoms. The number of thiophene rings is 1. The number of carbonyl (C=O) groups is 1. The van der Waals surface area contributed by atoms with Crippen LogP contribution in [0.25, 0.3) is 0 Å². The Bertz CT molecular complexity index is 362. The SMILES string of the molecule is CC(C)CCCN1C(=O)CNC1c1cccs1. The smallest absolute Gasteiger partial charge is 0.238 e. The van der Waals surface area contributed by atoms with Crippen molar-refractivity contribution in [2.75, 3.05) is 13.1 Å². The molecule has 2 heterocycles. The van der Waals surface area contributed by atoms with E-state index >= 15 is 0 Å². The van der Waals surface area contributed by atoms with Crippen molar-refractivity contribution < 1.29 is 4.79 Å². The summed E-state index contributed by atoms with van der Waals surface area (Å²) >= 11 is 1.71. The van der Waals surface area contributed by atoms with Gasteiger partial charge in [0.05, 0.1) is 6.54 Å². The van der Waals surface area contributed by atoms with Gasteiger partial charge in [0, 0.05) is 11.4 Å². The summed E-state index contributed by atoms with van der Waals surface area (Å²) in [6.45, 7) is 5.79. The number of hydrogen-bond acceptors (Lipinski definition) is 3. The van der Waals surface area contributed by atoms with E-state index in [1.54, 1.807) is 11.3 Å². The van der Waals surface area contributed by atoms with Gasteiger partial charge in [0.15, 0.2) is 0 Å². The Balaban J connectivity index is 1.95. The van der Waals surface area contributed by atoms with Crippen LogP contribution in [-0.2, 0) is 4.79 Å². The van der Waals surface area contributed by atoms with Gasteiger partial charge in [-0.1, -0.05) is 19.9 Å². The molecule has 0 bridgehead atoms. The molecule has 0 radical (unpaired) electrons. The highest BCUT2D eigenvalue weighted by Gasteiger charge is 2.31. The molecular weight excluding hydrogens is 232 g/mol. The monoisotopic (exact) mass is 252 g/mol. The highest BCUT2D eigenvalue weighted by atomic mass is 32.1. The van der Waals surface area contributed by atoms with Gasteiger partial charge in [-0.2, -0.15) is 0 Å². The molecule has 94 valence electrons. The molecule has 0 spiro atoms. The first-order valence-electron chi connectivity index (χ1n) is 6.24. The van der Waals surface area contributed by atoms with Crippen LogP contribution in [0.5, 0.6) is 0 Å². The van der Waals surface area contributed by atoms with E-state index in [0.29, 0.717) is 12.5 Å². The maximum absolute atomic E-state index is 11.8. The van der Waals surface area contributed by atoms with Crippen molar-refractivity contribution in [1.29, 1.82) is 0 Å². The zero-order valence-corrected chi connectivity index (χ0v) is 11.3. The molecule has 1 unspecified atom stereocenters. The predicted octanol–water partition coefficient (Wildman–Crippen LogP) is 2.61. The van der Waals surface area contributed by atoms with Gasteiger partial charge in [-0.3, -0.25) is 10.1 Å². The van der Waals surface area contributed by atoms with Crippen molar-refractivity contribution in [2.24, 2.45) is 5.92 Å². The standard InChI is InChI=1S/C13H20N2OS/c1-10(2)5-3-7-15-12(16)9-14-13(15)11-6-4-8-17-11/h4,6,8,10,13-14H,3,5,7,9H2,1-2H3.